The molecule has 0 heterocycles. The third-order valence-electron chi connectivity index (χ3n) is 3.60. The second-order valence-electron chi connectivity index (χ2n) is 5.65. The van der Waals surface area contributed by atoms with Gasteiger partial charge in [-0.05, 0) is 49.9 Å². The Morgan fingerprint density at radius 1 is 1.35 bits per heavy atom. The van der Waals surface area contributed by atoms with Crippen molar-refractivity contribution in [3.8, 4) is 0 Å². The summed E-state index contributed by atoms with van der Waals surface area (Å²) in [6, 6.07) is 5.92. The van der Waals surface area contributed by atoms with Gasteiger partial charge in [-0.2, -0.15) is 0 Å². The summed E-state index contributed by atoms with van der Waals surface area (Å²) in [5, 5.41) is 5.54. The lowest BCUT2D eigenvalue weighted by molar-refractivity contribution is 0.248. The van der Waals surface area contributed by atoms with Crippen LogP contribution in [0.15, 0.2) is 41.8 Å². The lowest BCUT2D eigenvalue weighted by Crippen LogP contribution is -2.37. The number of carbonyl (C=O) groups excluding carboxylic acids is 1. The summed E-state index contributed by atoms with van der Waals surface area (Å²) in [7, 11) is -3.46. The van der Waals surface area contributed by atoms with E-state index in [4.69, 9.17) is 0 Å². The summed E-state index contributed by atoms with van der Waals surface area (Å²) in [5.74, 6) is 0. The van der Waals surface area contributed by atoms with Crippen LogP contribution in [-0.4, -0.2) is 26.5 Å². The van der Waals surface area contributed by atoms with Crippen LogP contribution in [0.5, 0.6) is 0 Å². The number of urea groups is 1. The Balaban J connectivity index is 1.94. The van der Waals surface area contributed by atoms with E-state index in [2.05, 4.69) is 21.9 Å². The molecule has 0 radical (unpaired) electrons. The Morgan fingerprint density at radius 3 is 2.52 bits per heavy atom. The van der Waals surface area contributed by atoms with Gasteiger partial charge in [0.05, 0.1) is 4.90 Å². The first-order chi connectivity index (χ1) is 10.9. The van der Waals surface area contributed by atoms with Crippen LogP contribution < -0.4 is 15.4 Å². The quantitative estimate of drug-likeness (QED) is 0.637. The van der Waals surface area contributed by atoms with Gasteiger partial charge >= 0.3 is 6.03 Å². The average Bonchev–Trinajstić information content (AvgIpc) is 3.30. The van der Waals surface area contributed by atoms with Crippen molar-refractivity contribution in [2.75, 3.05) is 5.32 Å². The molecule has 2 rings (SSSR count). The third-order valence-corrected chi connectivity index (χ3v) is 5.14. The summed E-state index contributed by atoms with van der Waals surface area (Å²) in [6.45, 7) is 5.65. The molecule has 1 aliphatic rings. The van der Waals surface area contributed by atoms with Crippen molar-refractivity contribution in [1.82, 2.24) is 10.0 Å². The van der Waals surface area contributed by atoms with Gasteiger partial charge in [-0.1, -0.05) is 13.0 Å². The molecule has 6 nitrogen and oxygen atoms in total. The smallest absolute Gasteiger partial charge is 0.319 e. The maximum Gasteiger partial charge on any atom is 0.319 e. The van der Waals surface area contributed by atoms with Crippen LogP contribution in [0.25, 0.3) is 0 Å². The van der Waals surface area contributed by atoms with Crippen LogP contribution in [0.4, 0.5) is 10.5 Å². The fourth-order valence-corrected chi connectivity index (χ4v) is 3.39. The zero-order chi connectivity index (χ0) is 16.9. The summed E-state index contributed by atoms with van der Waals surface area (Å²) in [4.78, 5) is 12.1. The van der Waals surface area contributed by atoms with E-state index in [1.54, 1.807) is 18.2 Å². The van der Waals surface area contributed by atoms with Crippen LogP contribution in [0.3, 0.4) is 0 Å². The van der Waals surface area contributed by atoms with Crippen LogP contribution >= 0.6 is 0 Å². The highest BCUT2D eigenvalue weighted by atomic mass is 32.2. The maximum atomic E-state index is 12.1. The maximum absolute atomic E-state index is 12.1. The summed E-state index contributed by atoms with van der Waals surface area (Å²) >= 11 is 0. The molecule has 0 aromatic heterocycles. The highest BCUT2D eigenvalue weighted by molar-refractivity contribution is 7.89. The molecule has 0 spiro atoms. The van der Waals surface area contributed by atoms with E-state index < -0.39 is 10.0 Å². The molecule has 1 atom stereocenters. The monoisotopic (exact) mass is 337 g/mol. The number of sulfonamides is 1. The SMILES string of the molecule is C=CC[C@H](CC)NC(=O)Nc1ccc(S(=O)(=O)NC2CC2)cc1. The zero-order valence-electron chi connectivity index (χ0n) is 13.2. The lowest BCUT2D eigenvalue weighted by Gasteiger charge is -2.15. The zero-order valence-corrected chi connectivity index (χ0v) is 14.0. The molecule has 1 aromatic rings. The normalized spacial score (nSPS) is 15.7. The molecule has 7 heteroatoms. The van der Waals surface area contributed by atoms with E-state index in [0.29, 0.717) is 12.1 Å². The average molecular weight is 337 g/mol. The van der Waals surface area contributed by atoms with Gasteiger partial charge in [0.25, 0.3) is 0 Å². The van der Waals surface area contributed by atoms with Gasteiger partial charge in [0.1, 0.15) is 0 Å². The molecule has 0 saturated heterocycles. The molecular weight excluding hydrogens is 314 g/mol. The Bertz CT molecular complexity index is 652. The number of amides is 2. The van der Waals surface area contributed by atoms with Crippen molar-refractivity contribution in [3.63, 3.8) is 0 Å². The van der Waals surface area contributed by atoms with E-state index in [1.165, 1.54) is 12.1 Å². The van der Waals surface area contributed by atoms with Gasteiger partial charge in [-0.3, -0.25) is 0 Å². The van der Waals surface area contributed by atoms with Gasteiger partial charge < -0.3 is 10.6 Å². The van der Waals surface area contributed by atoms with Crippen molar-refractivity contribution in [1.29, 1.82) is 0 Å². The first kappa shape index (κ1) is 17.5. The Hall–Kier alpha value is -1.86. The number of hydrogen-bond donors (Lipinski definition) is 3. The standard InChI is InChI=1S/C16H23N3O3S/c1-3-5-12(4-2)17-16(20)18-13-8-10-15(11-9-13)23(21,22)19-14-6-7-14/h3,8-12,14,19H,1,4-7H2,2H3,(H2,17,18,20)/t12-/m0/s1. The Kier molecular flexibility index (Phi) is 5.79. The summed E-state index contributed by atoms with van der Waals surface area (Å²) in [5.41, 5.74) is 0.543. The number of rotatable bonds is 8. The van der Waals surface area contributed by atoms with Crippen LogP contribution in [-0.2, 0) is 10.0 Å². The van der Waals surface area contributed by atoms with E-state index in [-0.39, 0.29) is 23.0 Å². The van der Waals surface area contributed by atoms with Crippen molar-refractivity contribution in [3.05, 3.63) is 36.9 Å². The Labute approximate surface area is 137 Å². The minimum absolute atomic E-state index is 0.0369. The molecular formula is C16H23N3O3S. The number of nitrogens with one attached hydrogen (secondary N) is 3. The third kappa shape index (κ3) is 5.37. The number of carbonyl (C=O) groups is 1. The van der Waals surface area contributed by atoms with Gasteiger partial charge in [-0.15, -0.1) is 6.58 Å². The molecule has 3 N–H and O–H groups in total. The molecule has 1 fully saturated rings. The fourth-order valence-electron chi connectivity index (χ4n) is 2.09. The summed E-state index contributed by atoms with van der Waals surface area (Å²) < 4.78 is 26.7. The second kappa shape index (κ2) is 7.61. The van der Waals surface area contributed by atoms with Gasteiger partial charge in [0.2, 0.25) is 10.0 Å². The molecule has 1 aromatic carbocycles. The highest BCUT2D eigenvalue weighted by Crippen LogP contribution is 2.22. The fraction of sp³-hybridized carbons (Fsp3) is 0.438. The molecule has 0 unspecified atom stereocenters. The lowest BCUT2D eigenvalue weighted by atomic mass is 10.1. The van der Waals surface area contributed by atoms with Crippen molar-refractivity contribution in [2.24, 2.45) is 0 Å². The Morgan fingerprint density at radius 2 is 2.00 bits per heavy atom. The largest absolute Gasteiger partial charge is 0.335 e. The molecule has 126 valence electrons. The number of hydrogen-bond acceptors (Lipinski definition) is 3. The molecule has 23 heavy (non-hydrogen) atoms. The van der Waals surface area contributed by atoms with Crippen LogP contribution in [0, 0.1) is 0 Å². The van der Waals surface area contributed by atoms with Crippen molar-refractivity contribution in [2.45, 2.75) is 49.6 Å². The first-order valence-corrected chi connectivity index (χ1v) is 9.23. The topological polar surface area (TPSA) is 87.3 Å². The molecule has 1 saturated carbocycles. The van der Waals surface area contributed by atoms with Crippen LogP contribution in [0.1, 0.15) is 32.6 Å². The van der Waals surface area contributed by atoms with E-state index >= 15 is 0 Å². The summed E-state index contributed by atoms with van der Waals surface area (Å²) in [6.07, 6.45) is 5.06. The first-order valence-electron chi connectivity index (χ1n) is 7.75. The number of benzene rings is 1. The highest BCUT2D eigenvalue weighted by Gasteiger charge is 2.27. The van der Waals surface area contributed by atoms with Crippen molar-refractivity contribution < 1.29 is 13.2 Å². The molecule has 0 aliphatic heterocycles. The predicted octanol–water partition coefficient (Wildman–Crippen LogP) is 2.60. The second-order valence-corrected chi connectivity index (χ2v) is 7.36. The predicted molar refractivity (Wildman–Crippen MR) is 90.8 cm³/mol. The van der Waals surface area contributed by atoms with Gasteiger partial charge in [-0.25, -0.2) is 17.9 Å². The minimum atomic E-state index is -3.46. The number of anilines is 1. The van der Waals surface area contributed by atoms with E-state index in [1.807, 2.05) is 6.92 Å². The van der Waals surface area contributed by atoms with E-state index in [0.717, 1.165) is 19.3 Å². The van der Waals surface area contributed by atoms with Crippen LogP contribution in [0.2, 0.25) is 0 Å². The molecule has 2 amide bonds. The molecule has 0 bridgehead atoms. The van der Waals surface area contributed by atoms with Gasteiger partial charge in [0.15, 0.2) is 0 Å². The molecule has 1 aliphatic carbocycles. The minimum Gasteiger partial charge on any atom is -0.335 e. The van der Waals surface area contributed by atoms with Crippen molar-refractivity contribution >= 4 is 21.7 Å². The van der Waals surface area contributed by atoms with E-state index in [9.17, 15) is 13.2 Å². The van der Waals surface area contributed by atoms with Gasteiger partial charge in [0, 0.05) is 17.8 Å².